The number of nitrogen functional groups attached to an aromatic ring is 1. The number of aromatic nitrogens is 5. The number of carbonyl (C=O) groups excluding carboxylic acids is 1. The molecule has 0 aromatic carbocycles. The Bertz CT molecular complexity index is 1630. The van der Waals surface area contributed by atoms with Crippen molar-refractivity contribution in [2.75, 3.05) is 18.9 Å². The van der Waals surface area contributed by atoms with Crippen molar-refractivity contribution in [1.29, 1.82) is 0 Å². The minimum atomic E-state index is -5.38. The number of phosphoric acid groups is 2. The highest BCUT2D eigenvalue weighted by Gasteiger charge is 2.48. The predicted molar refractivity (Wildman–Crippen MR) is 141 cm³/mol. The van der Waals surface area contributed by atoms with E-state index in [2.05, 4.69) is 28.8 Å². The first kappa shape index (κ1) is 32.4. The second-order valence-electron chi connectivity index (χ2n) is 9.63. The smallest absolute Gasteiger partial charge is 0.387 e. The molecule has 21 nitrogen and oxygen atoms in total. The van der Waals surface area contributed by atoms with Gasteiger partial charge in [-0.25, -0.2) is 29.1 Å². The van der Waals surface area contributed by atoms with Crippen LogP contribution in [0.15, 0.2) is 30.9 Å². The van der Waals surface area contributed by atoms with E-state index in [-0.39, 0.29) is 28.4 Å². The molecule has 10 N–H and O–H groups in total. The lowest BCUT2D eigenvalue weighted by Gasteiger charge is -2.20. The topological polar surface area (TPSA) is 327 Å². The van der Waals surface area contributed by atoms with Gasteiger partial charge in [-0.05, 0) is 12.1 Å². The molecule has 0 saturated carbocycles. The van der Waals surface area contributed by atoms with Crippen molar-refractivity contribution in [1.82, 2.24) is 24.5 Å². The Kier molecular flexibility index (Phi) is 9.13. The molecule has 23 heteroatoms. The molecule has 2 saturated heterocycles. The molecular weight excluding hydrogens is 636 g/mol. The first-order valence-corrected chi connectivity index (χ1v) is 15.6. The van der Waals surface area contributed by atoms with Gasteiger partial charge in [-0.1, -0.05) is 6.07 Å². The summed E-state index contributed by atoms with van der Waals surface area (Å²) in [6.07, 6.45) is -9.61. The van der Waals surface area contributed by atoms with Crippen LogP contribution in [-0.2, 0) is 32.0 Å². The third kappa shape index (κ3) is 6.65. The number of nitrogens with two attached hydrogens (primary N) is 2. The summed E-state index contributed by atoms with van der Waals surface area (Å²) in [5.74, 6) is -0.807. The van der Waals surface area contributed by atoms with E-state index < -0.39 is 83.7 Å². The minimum absolute atomic E-state index is 0.0225. The quantitative estimate of drug-likeness (QED) is 0.0994. The number of aliphatic hydroxyl groups excluding tert-OH is 4. The van der Waals surface area contributed by atoms with Gasteiger partial charge in [0.05, 0.1) is 25.2 Å². The van der Waals surface area contributed by atoms with Gasteiger partial charge in [0.25, 0.3) is 5.91 Å². The molecule has 5 heterocycles. The van der Waals surface area contributed by atoms with E-state index in [1.54, 1.807) is 0 Å². The molecule has 3 aromatic heterocycles. The van der Waals surface area contributed by atoms with Crippen molar-refractivity contribution < 1.29 is 67.0 Å². The molecule has 0 aliphatic carbocycles. The molecule has 44 heavy (non-hydrogen) atoms. The van der Waals surface area contributed by atoms with Crippen LogP contribution in [0.2, 0.25) is 0 Å². The van der Waals surface area contributed by atoms with E-state index in [4.69, 9.17) is 25.5 Å². The number of rotatable bonds is 11. The van der Waals surface area contributed by atoms with Gasteiger partial charge in [-0.3, -0.25) is 18.4 Å². The van der Waals surface area contributed by atoms with E-state index in [9.17, 15) is 44.1 Å². The van der Waals surface area contributed by atoms with Crippen molar-refractivity contribution >= 4 is 38.5 Å². The summed E-state index contributed by atoms with van der Waals surface area (Å²) < 4.78 is 50.7. The van der Waals surface area contributed by atoms with Gasteiger partial charge in [0.2, 0.25) is 0 Å². The van der Waals surface area contributed by atoms with Crippen LogP contribution in [0.1, 0.15) is 28.5 Å². The number of imidazole rings is 1. The van der Waals surface area contributed by atoms with Gasteiger partial charge in [-0.2, -0.15) is 4.31 Å². The van der Waals surface area contributed by atoms with Crippen LogP contribution in [0.5, 0.6) is 0 Å². The maximum absolute atomic E-state index is 12.4. The van der Waals surface area contributed by atoms with E-state index in [1.165, 1.54) is 29.1 Å². The summed E-state index contributed by atoms with van der Waals surface area (Å²) in [7, 11) is -10.8. The normalized spacial score (nSPS) is 31.6. The lowest BCUT2D eigenvalue weighted by atomic mass is 10.1. The SMILES string of the molecule is NC(=O)c1cccc([C@@H]2O[C@H](COP(=O)(O)OP(=O)(O)OC[C@H]3O[C@@H](n4cnc5c(N)ncnc54)C(O)[C@H]3O)[C@H](O)C2O)n1. The van der Waals surface area contributed by atoms with E-state index >= 15 is 0 Å². The number of anilines is 1. The summed E-state index contributed by atoms with van der Waals surface area (Å²) >= 11 is 0. The summed E-state index contributed by atoms with van der Waals surface area (Å²) in [6, 6.07) is 4.10. The number of fused-ring (bicyclic) bond motifs is 1. The minimum Gasteiger partial charge on any atom is -0.387 e. The van der Waals surface area contributed by atoms with Crippen LogP contribution in [0, 0.1) is 0 Å². The molecule has 240 valence electrons. The number of hydrogen-bond acceptors (Lipinski definition) is 17. The average Bonchev–Trinajstić information content (AvgIpc) is 3.61. The van der Waals surface area contributed by atoms with Crippen molar-refractivity contribution in [3.63, 3.8) is 0 Å². The number of carbonyl (C=O) groups is 1. The largest absolute Gasteiger partial charge is 0.481 e. The second kappa shape index (κ2) is 12.4. The lowest BCUT2D eigenvalue weighted by molar-refractivity contribution is -0.0507. The van der Waals surface area contributed by atoms with Crippen LogP contribution >= 0.6 is 15.6 Å². The van der Waals surface area contributed by atoms with Crippen LogP contribution in [0.3, 0.4) is 0 Å². The molecule has 2 aliphatic rings. The number of nitrogens with zero attached hydrogens (tertiary/aromatic N) is 5. The van der Waals surface area contributed by atoms with Crippen molar-refractivity contribution in [3.05, 3.63) is 42.2 Å². The van der Waals surface area contributed by atoms with E-state index in [1.807, 2.05) is 0 Å². The Morgan fingerprint density at radius 2 is 1.57 bits per heavy atom. The maximum Gasteiger partial charge on any atom is 0.481 e. The maximum atomic E-state index is 12.4. The molecular formula is C21H27N7O14P2. The van der Waals surface area contributed by atoms with Gasteiger partial charge in [-0.15, -0.1) is 0 Å². The summed E-state index contributed by atoms with van der Waals surface area (Å²) in [4.78, 5) is 47.2. The monoisotopic (exact) mass is 663 g/mol. The lowest BCUT2D eigenvalue weighted by Crippen LogP contribution is -2.33. The molecule has 1 amide bonds. The third-order valence-electron chi connectivity index (χ3n) is 6.69. The highest BCUT2D eigenvalue weighted by molar-refractivity contribution is 7.61. The number of pyridine rings is 1. The van der Waals surface area contributed by atoms with Crippen LogP contribution < -0.4 is 11.5 Å². The summed E-state index contributed by atoms with van der Waals surface area (Å²) in [5, 5.41) is 41.6. The van der Waals surface area contributed by atoms with Gasteiger partial charge < -0.3 is 51.2 Å². The number of ether oxygens (including phenoxy) is 2. The predicted octanol–water partition coefficient (Wildman–Crippen LogP) is -2.37. The zero-order valence-corrected chi connectivity index (χ0v) is 23.9. The molecule has 0 radical (unpaired) electrons. The number of hydrogen-bond donors (Lipinski definition) is 8. The zero-order valence-electron chi connectivity index (χ0n) is 22.2. The van der Waals surface area contributed by atoms with Crippen LogP contribution in [0.25, 0.3) is 11.2 Å². The van der Waals surface area contributed by atoms with Crippen LogP contribution in [-0.4, -0.2) is 110 Å². The van der Waals surface area contributed by atoms with Gasteiger partial charge >= 0.3 is 15.6 Å². The molecule has 4 unspecified atom stereocenters. The first-order chi connectivity index (χ1) is 20.7. The Morgan fingerprint density at radius 3 is 2.23 bits per heavy atom. The molecule has 0 spiro atoms. The highest BCUT2D eigenvalue weighted by Crippen LogP contribution is 2.60. The number of primary amides is 1. The first-order valence-electron chi connectivity index (χ1n) is 12.6. The van der Waals surface area contributed by atoms with Gasteiger partial charge in [0.1, 0.15) is 60.3 Å². The standard InChI is InChI=1S/C21H27N7O14P2/c22-18-12-20(25-6-24-18)28(7-26-12)21-16(32)14(30)11(41-21)5-39-44(36,37)42-43(34,35)38-4-10-13(29)15(31)17(40-10)8-2-1-3-9(27-8)19(23)33/h1-3,6-7,10-11,13-17,21,29-32H,4-5H2,(H2,23,33)(H,34,35)(H,36,37)(H2,22,24,25)/t10-,11-,13+,14+,15?,16?,17+,21-/m1/s1. The number of aliphatic hydroxyl groups is 4. The molecule has 5 rings (SSSR count). The Hall–Kier alpha value is -3.01. The van der Waals surface area contributed by atoms with Crippen molar-refractivity contribution in [2.24, 2.45) is 5.73 Å². The van der Waals surface area contributed by atoms with Gasteiger partial charge in [0.15, 0.2) is 17.7 Å². The fourth-order valence-electron chi connectivity index (χ4n) is 4.54. The highest BCUT2D eigenvalue weighted by atomic mass is 31.3. The van der Waals surface area contributed by atoms with E-state index in [0.29, 0.717) is 0 Å². The zero-order chi connectivity index (χ0) is 32.0. The number of phosphoric ester groups is 2. The summed E-state index contributed by atoms with van der Waals surface area (Å²) in [5.41, 5.74) is 11.2. The second-order valence-corrected chi connectivity index (χ2v) is 12.7. The Morgan fingerprint density at radius 1 is 0.932 bits per heavy atom. The Labute approximate surface area is 246 Å². The fourth-order valence-corrected chi connectivity index (χ4v) is 6.63. The number of amides is 1. The average molecular weight is 663 g/mol. The third-order valence-corrected chi connectivity index (χ3v) is 9.29. The van der Waals surface area contributed by atoms with Crippen molar-refractivity contribution in [3.8, 4) is 0 Å². The van der Waals surface area contributed by atoms with Crippen molar-refractivity contribution in [2.45, 2.75) is 49.0 Å². The fraction of sp³-hybridized carbons (Fsp3) is 0.476. The summed E-state index contributed by atoms with van der Waals surface area (Å²) in [6.45, 7) is -1.81. The van der Waals surface area contributed by atoms with Gasteiger partial charge in [0, 0.05) is 0 Å². The molecule has 2 aliphatic heterocycles. The Balaban J connectivity index is 1.16. The molecule has 3 aromatic rings. The molecule has 0 bridgehead atoms. The van der Waals surface area contributed by atoms with E-state index in [0.717, 1.165) is 6.33 Å². The van der Waals surface area contributed by atoms with Crippen LogP contribution in [0.4, 0.5) is 5.82 Å². The molecule has 10 atom stereocenters. The molecule has 2 fully saturated rings.